The van der Waals surface area contributed by atoms with Crippen LogP contribution in [-0.4, -0.2) is 28.4 Å². The highest BCUT2D eigenvalue weighted by Gasteiger charge is 2.29. The summed E-state index contributed by atoms with van der Waals surface area (Å²) in [6.07, 6.45) is 2.98. The molecule has 0 saturated carbocycles. The zero-order valence-corrected chi connectivity index (χ0v) is 12.9. The number of carbonyl (C=O) groups is 1. The molecule has 1 aromatic rings. The van der Waals surface area contributed by atoms with Crippen LogP contribution in [0.4, 0.5) is 0 Å². The zero-order valence-electron chi connectivity index (χ0n) is 9.93. The van der Waals surface area contributed by atoms with Gasteiger partial charge in [-0.3, -0.25) is 4.79 Å². The largest absolute Gasteiger partial charge is 0.392 e. The average Bonchev–Trinajstić information content (AvgIpc) is 2.38. The summed E-state index contributed by atoms with van der Waals surface area (Å²) >= 11 is 7.26. The number of benzene rings is 1. The molecule has 1 aliphatic heterocycles. The molecule has 1 saturated heterocycles. The predicted molar refractivity (Wildman–Crippen MR) is 84.6 cm³/mol. The molecule has 0 spiro atoms. The van der Waals surface area contributed by atoms with E-state index in [-0.39, 0.29) is 11.9 Å². The molecule has 0 aliphatic carbocycles. The normalized spacial score (nSPS) is 19.6. The molecule has 1 aliphatic rings. The summed E-state index contributed by atoms with van der Waals surface area (Å²) in [5.41, 5.74) is 6.48. The molecule has 5 heteroatoms. The van der Waals surface area contributed by atoms with Gasteiger partial charge >= 0.3 is 0 Å². The van der Waals surface area contributed by atoms with Crippen LogP contribution in [0.3, 0.4) is 0 Å². The van der Waals surface area contributed by atoms with Crippen molar-refractivity contribution in [3.8, 4) is 0 Å². The molecular weight excluding hydrogens is 359 g/mol. The van der Waals surface area contributed by atoms with Crippen LogP contribution >= 0.6 is 34.8 Å². The van der Waals surface area contributed by atoms with Gasteiger partial charge in [-0.05, 0) is 54.0 Å². The first-order chi connectivity index (χ1) is 8.61. The minimum Gasteiger partial charge on any atom is -0.392 e. The van der Waals surface area contributed by atoms with Gasteiger partial charge in [0, 0.05) is 10.1 Å². The number of likely N-dealkylation sites (tertiary alicyclic amines) is 1. The van der Waals surface area contributed by atoms with Crippen molar-refractivity contribution in [3.05, 3.63) is 33.4 Å². The van der Waals surface area contributed by atoms with Crippen LogP contribution in [0.2, 0.25) is 0 Å². The number of hydrogen-bond acceptors (Lipinski definition) is 2. The fourth-order valence-electron chi connectivity index (χ4n) is 2.26. The first-order valence-corrected chi connectivity index (χ1v) is 7.45. The van der Waals surface area contributed by atoms with E-state index in [1.807, 2.05) is 29.2 Å². The van der Waals surface area contributed by atoms with Crippen LogP contribution in [0.1, 0.15) is 29.6 Å². The van der Waals surface area contributed by atoms with Crippen molar-refractivity contribution in [1.82, 2.24) is 4.90 Å². The van der Waals surface area contributed by atoms with Gasteiger partial charge in [0.1, 0.15) is 0 Å². The van der Waals surface area contributed by atoms with Crippen molar-refractivity contribution < 1.29 is 4.79 Å². The van der Waals surface area contributed by atoms with Crippen LogP contribution in [-0.2, 0) is 0 Å². The lowest BCUT2D eigenvalue weighted by molar-refractivity contribution is 0.0680. The van der Waals surface area contributed by atoms with Crippen LogP contribution in [0.5, 0.6) is 0 Å². The number of hydrogen-bond donors (Lipinski definition) is 1. The summed E-state index contributed by atoms with van der Waals surface area (Å²) in [4.78, 5) is 14.8. The maximum atomic E-state index is 12.5. The highest BCUT2D eigenvalue weighted by atomic mass is 127. The summed E-state index contributed by atoms with van der Waals surface area (Å²) in [6, 6.07) is 7.52. The van der Waals surface area contributed by atoms with Crippen LogP contribution < -0.4 is 5.73 Å². The zero-order chi connectivity index (χ0) is 13.1. The summed E-state index contributed by atoms with van der Waals surface area (Å²) in [6.45, 7) is 0.742. The van der Waals surface area contributed by atoms with Crippen LogP contribution in [0.25, 0.3) is 0 Å². The second-order valence-electron chi connectivity index (χ2n) is 4.39. The third-order valence-electron chi connectivity index (χ3n) is 3.20. The Bertz CT molecular complexity index is 478. The molecule has 1 atom stereocenters. The number of amides is 1. The molecular formula is C13H15IN2OS. The number of nitrogens with zero attached hydrogens (tertiary/aromatic N) is 1. The maximum Gasteiger partial charge on any atom is 0.255 e. The number of piperidine rings is 1. The Labute approximate surface area is 126 Å². The van der Waals surface area contributed by atoms with Gasteiger partial charge in [-0.1, -0.05) is 24.4 Å². The SMILES string of the molecule is NC(=S)C1CCCCN1C(=O)c1ccccc1I. The quantitative estimate of drug-likeness (QED) is 0.640. The second kappa shape index (κ2) is 5.97. The van der Waals surface area contributed by atoms with Gasteiger partial charge in [0.2, 0.25) is 0 Å². The van der Waals surface area contributed by atoms with Gasteiger partial charge in [-0.15, -0.1) is 0 Å². The Hall–Kier alpha value is -0.690. The fraction of sp³-hybridized carbons (Fsp3) is 0.385. The van der Waals surface area contributed by atoms with E-state index in [0.29, 0.717) is 4.99 Å². The first kappa shape index (κ1) is 13.7. The van der Waals surface area contributed by atoms with Crippen molar-refractivity contribution in [2.45, 2.75) is 25.3 Å². The molecule has 1 fully saturated rings. The second-order valence-corrected chi connectivity index (χ2v) is 6.03. The number of carbonyl (C=O) groups excluding carboxylic acids is 1. The topological polar surface area (TPSA) is 46.3 Å². The molecule has 1 unspecified atom stereocenters. The monoisotopic (exact) mass is 374 g/mol. The summed E-state index contributed by atoms with van der Waals surface area (Å²) in [5, 5.41) is 0. The Balaban J connectivity index is 2.27. The summed E-state index contributed by atoms with van der Waals surface area (Å²) < 4.78 is 0.965. The lowest BCUT2D eigenvalue weighted by Gasteiger charge is -2.35. The van der Waals surface area contributed by atoms with Gasteiger partial charge in [-0.25, -0.2) is 0 Å². The van der Waals surface area contributed by atoms with E-state index >= 15 is 0 Å². The van der Waals surface area contributed by atoms with E-state index in [4.69, 9.17) is 18.0 Å². The molecule has 18 heavy (non-hydrogen) atoms. The van der Waals surface area contributed by atoms with Gasteiger partial charge in [-0.2, -0.15) is 0 Å². The molecule has 1 amide bonds. The van der Waals surface area contributed by atoms with Crippen LogP contribution in [0.15, 0.2) is 24.3 Å². The third-order valence-corrected chi connectivity index (χ3v) is 4.41. The van der Waals surface area contributed by atoms with E-state index in [0.717, 1.165) is 34.9 Å². The molecule has 0 radical (unpaired) electrons. The van der Waals surface area contributed by atoms with E-state index < -0.39 is 0 Å². The number of nitrogens with two attached hydrogens (primary N) is 1. The number of halogens is 1. The minimum atomic E-state index is -0.0859. The molecule has 0 bridgehead atoms. The minimum absolute atomic E-state index is 0.0394. The molecule has 2 rings (SSSR count). The average molecular weight is 374 g/mol. The van der Waals surface area contributed by atoms with Gasteiger partial charge < -0.3 is 10.6 Å². The smallest absolute Gasteiger partial charge is 0.255 e. The lowest BCUT2D eigenvalue weighted by Crippen LogP contribution is -2.49. The molecule has 2 N–H and O–H groups in total. The van der Waals surface area contributed by atoms with Crippen molar-refractivity contribution in [2.24, 2.45) is 5.73 Å². The van der Waals surface area contributed by atoms with Crippen molar-refractivity contribution in [1.29, 1.82) is 0 Å². The highest BCUT2D eigenvalue weighted by Crippen LogP contribution is 2.22. The van der Waals surface area contributed by atoms with Gasteiger partial charge in [0.15, 0.2) is 0 Å². The van der Waals surface area contributed by atoms with E-state index in [9.17, 15) is 4.79 Å². The third kappa shape index (κ3) is 2.83. The highest BCUT2D eigenvalue weighted by molar-refractivity contribution is 14.1. The fourth-order valence-corrected chi connectivity index (χ4v) is 3.12. The standard InChI is InChI=1S/C13H15IN2OS/c14-10-6-2-1-5-9(10)13(17)16-8-4-3-7-11(16)12(15)18/h1-2,5-6,11H,3-4,7-8H2,(H2,15,18). The Morgan fingerprint density at radius 2 is 2.11 bits per heavy atom. The maximum absolute atomic E-state index is 12.5. The lowest BCUT2D eigenvalue weighted by atomic mass is 10.0. The Morgan fingerprint density at radius 3 is 2.78 bits per heavy atom. The van der Waals surface area contributed by atoms with E-state index in [1.54, 1.807) is 0 Å². The van der Waals surface area contributed by atoms with Crippen LogP contribution in [0, 0.1) is 3.57 Å². The van der Waals surface area contributed by atoms with Gasteiger partial charge in [0.25, 0.3) is 5.91 Å². The Morgan fingerprint density at radius 1 is 1.39 bits per heavy atom. The molecule has 1 aromatic carbocycles. The first-order valence-electron chi connectivity index (χ1n) is 5.96. The molecule has 0 aromatic heterocycles. The van der Waals surface area contributed by atoms with Crippen molar-refractivity contribution >= 4 is 45.7 Å². The number of thiocarbonyl (C=S) groups is 1. The van der Waals surface area contributed by atoms with Crippen molar-refractivity contribution in [3.63, 3.8) is 0 Å². The molecule has 1 heterocycles. The molecule has 96 valence electrons. The summed E-state index contributed by atoms with van der Waals surface area (Å²) in [7, 11) is 0. The summed E-state index contributed by atoms with van der Waals surface area (Å²) in [5.74, 6) is 0.0394. The van der Waals surface area contributed by atoms with E-state index in [2.05, 4.69) is 22.6 Å². The van der Waals surface area contributed by atoms with Crippen molar-refractivity contribution in [2.75, 3.05) is 6.54 Å². The molecule has 3 nitrogen and oxygen atoms in total. The number of rotatable bonds is 2. The van der Waals surface area contributed by atoms with Gasteiger partial charge in [0.05, 0.1) is 16.6 Å². The van der Waals surface area contributed by atoms with E-state index in [1.165, 1.54) is 0 Å². The Kier molecular flexibility index (Phi) is 4.55. The predicted octanol–water partition coefficient (Wildman–Crippen LogP) is 2.57.